The third-order valence-corrected chi connectivity index (χ3v) is 8.81. The molecule has 0 saturated carbocycles. The van der Waals surface area contributed by atoms with E-state index in [1.807, 2.05) is 74.5 Å². The Labute approximate surface area is 240 Å². The molecule has 0 bridgehead atoms. The minimum Gasteiger partial charge on any atom is -0.489 e. The quantitative estimate of drug-likeness (QED) is 0.200. The zero-order valence-electron chi connectivity index (χ0n) is 22.9. The lowest BCUT2D eigenvalue weighted by molar-refractivity contribution is -0.139. The smallest absolute Gasteiger partial charge is 0.321 e. The number of carbonyl (C=O) groups is 1. The first kappa shape index (κ1) is 28.1. The van der Waals surface area contributed by atoms with Crippen molar-refractivity contribution in [1.82, 2.24) is 9.29 Å². The number of aromatic nitrogens is 1. The Hall–Kier alpha value is -4.40. The van der Waals surface area contributed by atoms with Crippen molar-refractivity contribution in [2.45, 2.75) is 43.9 Å². The molecule has 0 aliphatic heterocycles. The summed E-state index contributed by atoms with van der Waals surface area (Å²) in [7, 11) is -3.94. The molecule has 5 aromatic rings. The monoisotopic (exact) mass is 568 g/mol. The van der Waals surface area contributed by atoms with Gasteiger partial charge in [0.05, 0.1) is 10.4 Å². The summed E-state index contributed by atoms with van der Waals surface area (Å²) < 4.78 is 34.8. The van der Waals surface area contributed by atoms with Gasteiger partial charge in [0.1, 0.15) is 18.4 Å². The van der Waals surface area contributed by atoms with Gasteiger partial charge in [-0.15, -0.1) is 0 Å². The second-order valence-corrected chi connectivity index (χ2v) is 11.9. The normalized spacial score (nSPS) is 13.1. The number of fused-ring (bicyclic) bond motifs is 1. The molecule has 0 amide bonds. The average molecular weight is 569 g/mol. The van der Waals surface area contributed by atoms with Crippen LogP contribution < -0.4 is 10.1 Å². The Kier molecular flexibility index (Phi) is 8.23. The van der Waals surface area contributed by atoms with Crippen LogP contribution in [-0.2, 0) is 27.8 Å². The van der Waals surface area contributed by atoms with Crippen LogP contribution in [-0.4, -0.2) is 29.5 Å². The first-order valence-electron chi connectivity index (χ1n) is 13.4. The third kappa shape index (κ3) is 6.34. The highest BCUT2D eigenvalue weighted by Gasteiger charge is 2.26. The molecule has 5 rings (SSSR count). The van der Waals surface area contributed by atoms with Gasteiger partial charge in [-0.25, -0.2) is 12.4 Å². The van der Waals surface area contributed by atoms with Gasteiger partial charge >= 0.3 is 5.97 Å². The average Bonchev–Trinajstić information content (AvgIpc) is 3.35. The van der Waals surface area contributed by atoms with Crippen molar-refractivity contribution in [3.8, 4) is 5.75 Å². The van der Waals surface area contributed by atoms with Crippen LogP contribution in [0.1, 0.15) is 35.2 Å². The van der Waals surface area contributed by atoms with Crippen LogP contribution in [0.25, 0.3) is 10.9 Å². The second kappa shape index (κ2) is 12.0. The molecule has 0 unspecified atom stereocenters. The Morgan fingerprint density at radius 1 is 0.927 bits per heavy atom. The summed E-state index contributed by atoms with van der Waals surface area (Å²) >= 11 is 0. The third-order valence-electron chi connectivity index (χ3n) is 7.12. The molecule has 0 radical (unpaired) electrons. The molecular weight excluding hydrogens is 536 g/mol. The fourth-order valence-electron chi connectivity index (χ4n) is 4.84. The number of hydrogen-bond donors (Lipinski definition) is 2. The van der Waals surface area contributed by atoms with E-state index in [0.717, 1.165) is 16.7 Å². The molecular formula is C33H32N2O5S. The van der Waals surface area contributed by atoms with Crippen molar-refractivity contribution in [1.29, 1.82) is 0 Å². The van der Waals surface area contributed by atoms with Gasteiger partial charge in [-0.05, 0) is 60.9 Å². The number of aryl methyl sites for hydroxylation is 1. The zero-order valence-corrected chi connectivity index (χ0v) is 23.7. The number of rotatable bonds is 11. The number of hydrogen-bond acceptors (Lipinski definition) is 5. The fourth-order valence-corrected chi connectivity index (χ4v) is 6.23. The van der Waals surface area contributed by atoms with Crippen LogP contribution >= 0.6 is 0 Å². The molecule has 0 aliphatic rings. The molecule has 0 aliphatic carbocycles. The molecule has 0 spiro atoms. The van der Waals surface area contributed by atoms with Gasteiger partial charge < -0.3 is 9.84 Å². The summed E-state index contributed by atoms with van der Waals surface area (Å²) in [5.74, 6) is -0.461. The van der Waals surface area contributed by atoms with E-state index in [1.165, 1.54) is 10.2 Å². The van der Waals surface area contributed by atoms with E-state index in [9.17, 15) is 18.3 Å². The molecule has 2 atom stereocenters. The van der Waals surface area contributed by atoms with Gasteiger partial charge in [0.2, 0.25) is 0 Å². The van der Waals surface area contributed by atoms with E-state index in [4.69, 9.17) is 4.74 Å². The predicted octanol–water partition coefficient (Wildman–Crippen LogP) is 6.11. The van der Waals surface area contributed by atoms with Crippen molar-refractivity contribution in [3.63, 3.8) is 0 Å². The topological polar surface area (TPSA) is 97.6 Å². The minimum absolute atomic E-state index is 0.0710. The van der Waals surface area contributed by atoms with Crippen LogP contribution in [0.4, 0.5) is 0 Å². The Morgan fingerprint density at radius 3 is 2.24 bits per heavy atom. The summed E-state index contributed by atoms with van der Waals surface area (Å²) in [6, 6.07) is 30.0. The molecule has 1 heterocycles. The SMILES string of the molecule is Cc1ccc(S(=O)(=O)n2cc(C[C@H](N[C@H](C)c3ccccc3)C(=O)O)c3cc(OCc4ccccc4)ccc32)cc1. The van der Waals surface area contributed by atoms with Crippen LogP contribution in [0.3, 0.4) is 0 Å². The first-order chi connectivity index (χ1) is 19.7. The summed E-state index contributed by atoms with van der Waals surface area (Å²) in [6.45, 7) is 4.15. The Balaban J connectivity index is 1.53. The van der Waals surface area contributed by atoms with Gasteiger partial charge in [-0.3, -0.25) is 10.1 Å². The summed E-state index contributed by atoms with van der Waals surface area (Å²) in [6.07, 6.45) is 1.60. The van der Waals surface area contributed by atoms with Gasteiger partial charge in [0.15, 0.2) is 0 Å². The number of aliphatic carboxylic acids is 1. The summed E-state index contributed by atoms with van der Waals surface area (Å²) in [5, 5.41) is 13.9. The maximum absolute atomic E-state index is 13.8. The number of benzene rings is 4. The number of nitrogens with one attached hydrogen (secondary N) is 1. The molecule has 41 heavy (non-hydrogen) atoms. The summed E-state index contributed by atoms with van der Waals surface area (Å²) in [5.41, 5.74) is 3.94. The highest BCUT2D eigenvalue weighted by molar-refractivity contribution is 7.90. The van der Waals surface area contributed by atoms with E-state index in [-0.39, 0.29) is 17.4 Å². The van der Waals surface area contributed by atoms with Crippen LogP contribution in [0.5, 0.6) is 5.75 Å². The standard InChI is InChI=1S/C33H32N2O5S/c1-23-13-16-29(17-14-23)41(38,39)35-21-27(19-31(33(36)37)34-24(2)26-11-7-4-8-12-26)30-20-28(15-18-32(30)35)40-22-25-9-5-3-6-10-25/h3-18,20-21,24,31,34H,19,22H2,1-2H3,(H,36,37)/t24-,31+/m1/s1. The molecule has 0 saturated heterocycles. The maximum Gasteiger partial charge on any atom is 0.321 e. The zero-order chi connectivity index (χ0) is 29.0. The Morgan fingerprint density at radius 2 is 1.59 bits per heavy atom. The van der Waals surface area contributed by atoms with Crippen molar-refractivity contribution in [2.24, 2.45) is 0 Å². The molecule has 210 valence electrons. The highest BCUT2D eigenvalue weighted by atomic mass is 32.2. The van der Waals surface area contributed by atoms with Crippen molar-refractivity contribution < 1.29 is 23.1 Å². The second-order valence-electron chi connectivity index (χ2n) is 10.1. The molecule has 0 fully saturated rings. The van der Waals surface area contributed by atoms with Crippen LogP contribution in [0.2, 0.25) is 0 Å². The van der Waals surface area contributed by atoms with E-state index in [1.54, 1.807) is 42.5 Å². The predicted molar refractivity (Wildman–Crippen MR) is 160 cm³/mol. The lowest BCUT2D eigenvalue weighted by atomic mass is 10.0. The van der Waals surface area contributed by atoms with Crippen LogP contribution in [0.15, 0.2) is 114 Å². The number of nitrogens with zero attached hydrogens (tertiary/aromatic N) is 1. The lowest BCUT2D eigenvalue weighted by Gasteiger charge is -2.20. The Bertz CT molecular complexity index is 1750. The molecule has 1 aromatic heterocycles. The number of carboxylic acid groups (broad SMARTS) is 1. The highest BCUT2D eigenvalue weighted by Crippen LogP contribution is 2.31. The van der Waals surface area contributed by atoms with Gasteiger partial charge in [0.25, 0.3) is 10.0 Å². The van der Waals surface area contributed by atoms with E-state index in [0.29, 0.717) is 28.8 Å². The minimum atomic E-state index is -3.94. The van der Waals surface area contributed by atoms with Crippen molar-refractivity contribution in [2.75, 3.05) is 0 Å². The summed E-state index contributed by atoms with van der Waals surface area (Å²) in [4.78, 5) is 12.5. The van der Waals surface area contributed by atoms with Crippen molar-refractivity contribution in [3.05, 3.63) is 132 Å². The molecule has 4 aromatic carbocycles. The molecule has 2 N–H and O–H groups in total. The number of carboxylic acids is 1. The van der Waals surface area contributed by atoms with E-state index in [2.05, 4.69) is 5.32 Å². The maximum atomic E-state index is 13.8. The van der Waals surface area contributed by atoms with Gasteiger partial charge in [-0.2, -0.15) is 0 Å². The van der Waals surface area contributed by atoms with Gasteiger partial charge in [-0.1, -0.05) is 78.4 Å². The van der Waals surface area contributed by atoms with Crippen molar-refractivity contribution >= 4 is 26.9 Å². The first-order valence-corrected chi connectivity index (χ1v) is 14.8. The molecule has 8 heteroatoms. The van der Waals surface area contributed by atoms with E-state index >= 15 is 0 Å². The van der Waals surface area contributed by atoms with Gasteiger partial charge in [0, 0.05) is 24.0 Å². The molecule has 7 nitrogen and oxygen atoms in total. The van der Waals surface area contributed by atoms with E-state index < -0.39 is 22.0 Å². The fraction of sp³-hybridized carbons (Fsp3) is 0.182. The largest absolute Gasteiger partial charge is 0.489 e. The lowest BCUT2D eigenvalue weighted by Crippen LogP contribution is -2.40. The number of ether oxygens (including phenoxy) is 1. The van der Waals surface area contributed by atoms with Crippen LogP contribution in [0, 0.1) is 6.92 Å².